The number of anilines is 1. The van der Waals surface area contributed by atoms with Crippen molar-refractivity contribution in [1.29, 1.82) is 0 Å². The third-order valence-electron chi connectivity index (χ3n) is 2.76. The Bertz CT molecular complexity index is 525. The summed E-state index contributed by atoms with van der Waals surface area (Å²) in [4.78, 5) is 5.49. The Morgan fingerprint density at radius 3 is 2.89 bits per heavy atom. The summed E-state index contributed by atoms with van der Waals surface area (Å²) in [5, 5.41) is 3.39. The second-order valence-corrected chi connectivity index (χ2v) is 4.98. The summed E-state index contributed by atoms with van der Waals surface area (Å²) in [6.45, 7) is 3.60. The molecule has 1 aromatic heterocycles. The highest BCUT2D eigenvalue weighted by atomic mass is 32.1. The second kappa shape index (κ2) is 5.84. The summed E-state index contributed by atoms with van der Waals surface area (Å²) in [6, 6.07) is 5.72. The van der Waals surface area contributed by atoms with Crippen molar-refractivity contribution in [2.45, 2.75) is 20.0 Å². The highest BCUT2D eigenvalue weighted by Gasteiger charge is 2.04. The standard InChI is InChI=1S/C13H17N3OS/c1-9-13(18-8-16-9)7-15-6-10-3-4-11(14)5-12(10)17-2/h3-5,8,15H,6-7,14H2,1-2H3. The average Bonchev–Trinajstić information content (AvgIpc) is 2.77. The lowest BCUT2D eigenvalue weighted by atomic mass is 10.2. The maximum Gasteiger partial charge on any atom is 0.125 e. The lowest BCUT2D eigenvalue weighted by molar-refractivity contribution is 0.408. The van der Waals surface area contributed by atoms with Gasteiger partial charge in [-0.2, -0.15) is 0 Å². The summed E-state index contributed by atoms with van der Waals surface area (Å²) in [7, 11) is 1.66. The van der Waals surface area contributed by atoms with E-state index in [9.17, 15) is 0 Å². The van der Waals surface area contributed by atoms with E-state index in [-0.39, 0.29) is 0 Å². The van der Waals surface area contributed by atoms with Crippen LogP contribution in [0.2, 0.25) is 0 Å². The van der Waals surface area contributed by atoms with E-state index in [0.29, 0.717) is 5.69 Å². The third-order valence-corrected chi connectivity index (χ3v) is 3.69. The molecular formula is C13H17N3OS. The highest BCUT2D eigenvalue weighted by Crippen LogP contribution is 2.21. The number of aromatic nitrogens is 1. The number of aryl methyl sites for hydroxylation is 1. The van der Waals surface area contributed by atoms with Crippen molar-refractivity contribution in [3.8, 4) is 5.75 Å². The number of hydrogen-bond donors (Lipinski definition) is 2. The Hall–Kier alpha value is -1.59. The van der Waals surface area contributed by atoms with Gasteiger partial charge in [0.05, 0.1) is 18.3 Å². The first-order valence-electron chi connectivity index (χ1n) is 5.72. The van der Waals surface area contributed by atoms with Crippen LogP contribution in [0.4, 0.5) is 5.69 Å². The summed E-state index contributed by atoms with van der Waals surface area (Å²) >= 11 is 1.67. The SMILES string of the molecule is COc1cc(N)ccc1CNCc1scnc1C. The molecule has 18 heavy (non-hydrogen) atoms. The summed E-state index contributed by atoms with van der Waals surface area (Å²) in [6.07, 6.45) is 0. The third kappa shape index (κ3) is 3.00. The van der Waals surface area contributed by atoms with Gasteiger partial charge in [0.1, 0.15) is 5.75 Å². The minimum atomic E-state index is 0.717. The number of nitrogen functional groups attached to an aromatic ring is 1. The van der Waals surface area contributed by atoms with E-state index >= 15 is 0 Å². The number of hydrogen-bond acceptors (Lipinski definition) is 5. The first-order valence-corrected chi connectivity index (χ1v) is 6.60. The van der Waals surface area contributed by atoms with Gasteiger partial charge in [0.2, 0.25) is 0 Å². The van der Waals surface area contributed by atoms with Crippen LogP contribution in [0.15, 0.2) is 23.7 Å². The molecule has 96 valence electrons. The van der Waals surface area contributed by atoms with Crippen LogP contribution in [-0.2, 0) is 13.1 Å². The van der Waals surface area contributed by atoms with Crippen molar-refractivity contribution in [2.24, 2.45) is 0 Å². The van der Waals surface area contributed by atoms with Crippen molar-refractivity contribution < 1.29 is 4.74 Å². The molecule has 0 atom stereocenters. The van der Waals surface area contributed by atoms with E-state index in [1.54, 1.807) is 18.4 Å². The maximum absolute atomic E-state index is 5.72. The summed E-state index contributed by atoms with van der Waals surface area (Å²) in [5.74, 6) is 0.823. The van der Waals surface area contributed by atoms with Crippen LogP contribution in [0.5, 0.6) is 5.75 Å². The monoisotopic (exact) mass is 263 g/mol. The first kappa shape index (κ1) is 12.9. The van der Waals surface area contributed by atoms with Gasteiger partial charge in [-0.25, -0.2) is 4.98 Å². The predicted octanol–water partition coefficient (Wildman–Crippen LogP) is 2.33. The fourth-order valence-corrected chi connectivity index (χ4v) is 2.46. The fourth-order valence-electron chi connectivity index (χ4n) is 1.71. The minimum Gasteiger partial charge on any atom is -0.496 e. The van der Waals surface area contributed by atoms with Crippen LogP contribution in [0, 0.1) is 6.92 Å². The number of thiazole rings is 1. The molecule has 1 aromatic carbocycles. The van der Waals surface area contributed by atoms with Crippen molar-refractivity contribution in [2.75, 3.05) is 12.8 Å². The van der Waals surface area contributed by atoms with Gasteiger partial charge in [-0.3, -0.25) is 0 Å². The second-order valence-electron chi connectivity index (χ2n) is 4.04. The molecule has 0 aliphatic carbocycles. The van der Waals surface area contributed by atoms with Gasteiger partial charge < -0.3 is 15.8 Å². The molecule has 0 unspecified atom stereocenters. The molecule has 5 heteroatoms. The quantitative estimate of drug-likeness (QED) is 0.813. The predicted molar refractivity (Wildman–Crippen MR) is 74.8 cm³/mol. The molecule has 0 radical (unpaired) electrons. The van der Waals surface area contributed by atoms with Crippen LogP contribution in [0.1, 0.15) is 16.1 Å². The number of nitrogens with one attached hydrogen (secondary N) is 1. The molecule has 0 aliphatic heterocycles. The van der Waals surface area contributed by atoms with Crippen molar-refractivity contribution in [3.63, 3.8) is 0 Å². The molecule has 1 heterocycles. The molecule has 2 rings (SSSR count). The molecule has 0 saturated carbocycles. The minimum absolute atomic E-state index is 0.717. The van der Waals surface area contributed by atoms with E-state index in [1.807, 2.05) is 30.6 Å². The van der Waals surface area contributed by atoms with Gasteiger partial charge in [-0.1, -0.05) is 6.07 Å². The Balaban J connectivity index is 1.96. The number of nitrogens with two attached hydrogens (primary N) is 1. The van der Waals surface area contributed by atoms with E-state index in [1.165, 1.54) is 4.88 Å². The largest absolute Gasteiger partial charge is 0.496 e. The first-order chi connectivity index (χ1) is 8.70. The lowest BCUT2D eigenvalue weighted by Gasteiger charge is -2.10. The van der Waals surface area contributed by atoms with Crippen LogP contribution in [0.25, 0.3) is 0 Å². The fraction of sp³-hybridized carbons (Fsp3) is 0.308. The molecule has 0 fully saturated rings. The van der Waals surface area contributed by atoms with Crippen molar-refractivity contribution in [3.05, 3.63) is 39.8 Å². The van der Waals surface area contributed by atoms with Gasteiger partial charge >= 0.3 is 0 Å². The molecule has 3 N–H and O–H groups in total. The maximum atomic E-state index is 5.72. The highest BCUT2D eigenvalue weighted by molar-refractivity contribution is 7.09. The number of rotatable bonds is 5. The zero-order chi connectivity index (χ0) is 13.0. The van der Waals surface area contributed by atoms with Gasteiger partial charge in [0.25, 0.3) is 0 Å². The number of methoxy groups -OCH3 is 1. The van der Waals surface area contributed by atoms with Crippen LogP contribution < -0.4 is 15.8 Å². The molecule has 0 amide bonds. The zero-order valence-corrected chi connectivity index (χ0v) is 11.4. The van der Waals surface area contributed by atoms with E-state index in [0.717, 1.165) is 30.1 Å². The molecule has 0 saturated heterocycles. The lowest BCUT2D eigenvalue weighted by Crippen LogP contribution is -2.13. The van der Waals surface area contributed by atoms with Crippen LogP contribution >= 0.6 is 11.3 Å². The van der Waals surface area contributed by atoms with Gasteiger partial charge in [0.15, 0.2) is 0 Å². The van der Waals surface area contributed by atoms with E-state index in [2.05, 4.69) is 10.3 Å². The zero-order valence-electron chi connectivity index (χ0n) is 10.6. The molecule has 4 nitrogen and oxygen atoms in total. The molecule has 0 bridgehead atoms. The molecule has 0 aliphatic rings. The average molecular weight is 263 g/mol. The number of benzene rings is 1. The summed E-state index contributed by atoms with van der Waals surface area (Å²) < 4.78 is 5.31. The topological polar surface area (TPSA) is 60.2 Å². The van der Waals surface area contributed by atoms with Crippen LogP contribution in [0.3, 0.4) is 0 Å². The van der Waals surface area contributed by atoms with Crippen molar-refractivity contribution in [1.82, 2.24) is 10.3 Å². The van der Waals surface area contributed by atoms with E-state index in [4.69, 9.17) is 10.5 Å². The normalized spacial score (nSPS) is 10.6. The summed E-state index contributed by atoms with van der Waals surface area (Å²) in [5.41, 5.74) is 10.5. The van der Waals surface area contributed by atoms with E-state index < -0.39 is 0 Å². The smallest absolute Gasteiger partial charge is 0.125 e. The number of nitrogens with zero attached hydrogens (tertiary/aromatic N) is 1. The van der Waals surface area contributed by atoms with Gasteiger partial charge in [-0.05, 0) is 13.0 Å². The van der Waals surface area contributed by atoms with Crippen molar-refractivity contribution >= 4 is 17.0 Å². The van der Waals surface area contributed by atoms with Gasteiger partial charge in [0, 0.05) is 35.3 Å². The Morgan fingerprint density at radius 1 is 1.39 bits per heavy atom. The molecular weight excluding hydrogens is 246 g/mol. The number of ether oxygens (including phenoxy) is 1. The van der Waals surface area contributed by atoms with Gasteiger partial charge in [-0.15, -0.1) is 11.3 Å². The Morgan fingerprint density at radius 2 is 2.22 bits per heavy atom. The Labute approximate surface area is 111 Å². The van der Waals surface area contributed by atoms with Crippen LogP contribution in [-0.4, -0.2) is 12.1 Å². The Kier molecular flexibility index (Phi) is 4.17. The molecule has 2 aromatic rings. The molecule has 0 spiro atoms.